The Morgan fingerprint density at radius 2 is 2.06 bits per heavy atom. The van der Waals surface area contributed by atoms with Crippen molar-refractivity contribution in [2.45, 2.75) is 17.5 Å². The first-order valence-corrected chi connectivity index (χ1v) is 5.80. The second-order valence-corrected chi connectivity index (χ2v) is 4.37. The van der Waals surface area contributed by atoms with Gasteiger partial charge in [0.1, 0.15) is 5.75 Å². The van der Waals surface area contributed by atoms with Crippen LogP contribution in [0.1, 0.15) is 0 Å². The summed E-state index contributed by atoms with van der Waals surface area (Å²) >= 11 is 6.78. The monoisotopic (exact) mass is 270 g/mol. The van der Waals surface area contributed by atoms with Crippen LogP contribution in [0.2, 0.25) is 5.02 Å². The van der Waals surface area contributed by atoms with Crippen LogP contribution in [0.25, 0.3) is 0 Å². The number of benzene rings is 1. The zero-order chi connectivity index (χ0) is 12.1. The lowest BCUT2D eigenvalue weighted by atomic mass is 10.3. The van der Waals surface area contributed by atoms with Gasteiger partial charge in [-0.1, -0.05) is 17.7 Å². The van der Waals surface area contributed by atoms with Crippen LogP contribution in [0.5, 0.6) is 5.75 Å². The van der Waals surface area contributed by atoms with Crippen molar-refractivity contribution in [3.05, 3.63) is 23.2 Å². The third-order valence-electron chi connectivity index (χ3n) is 1.81. The van der Waals surface area contributed by atoms with Crippen LogP contribution < -0.4 is 4.74 Å². The van der Waals surface area contributed by atoms with Gasteiger partial charge in [-0.15, -0.1) is 11.8 Å². The standard InChI is InChI=1S/C10H10ClF3OS/c1-15-8-4-2-3-6(11)9(8)16-5-7(12)10(13)14/h2-4,7,10H,5H2,1H3. The smallest absolute Gasteiger partial charge is 0.270 e. The summed E-state index contributed by atoms with van der Waals surface area (Å²) in [6.45, 7) is 0. The molecular weight excluding hydrogens is 261 g/mol. The van der Waals surface area contributed by atoms with Gasteiger partial charge in [-0.05, 0) is 12.1 Å². The average molecular weight is 271 g/mol. The molecule has 0 saturated carbocycles. The van der Waals surface area contributed by atoms with E-state index in [1.165, 1.54) is 7.11 Å². The Labute approximate surface area is 101 Å². The van der Waals surface area contributed by atoms with Crippen LogP contribution in [0, 0.1) is 0 Å². The van der Waals surface area contributed by atoms with Gasteiger partial charge in [0, 0.05) is 5.75 Å². The minimum absolute atomic E-state index is 0.349. The maximum Gasteiger partial charge on any atom is 0.270 e. The highest BCUT2D eigenvalue weighted by Crippen LogP contribution is 2.36. The fourth-order valence-corrected chi connectivity index (χ4v) is 2.33. The highest BCUT2D eigenvalue weighted by Gasteiger charge is 2.20. The van der Waals surface area contributed by atoms with Gasteiger partial charge in [-0.2, -0.15) is 0 Å². The lowest BCUT2D eigenvalue weighted by Gasteiger charge is -2.11. The molecule has 16 heavy (non-hydrogen) atoms. The number of thioether (sulfide) groups is 1. The molecular formula is C10H10ClF3OS. The molecule has 0 fully saturated rings. The maximum atomic E-state index is 12.7. The number of rotatable bonds is 5. The maximum absolute atomic E-state index is 12.7. The number of ether oxygens (including phenoxy) is 1. The van der Waals surface area contributed by atoms with Gasteiger partial charge in [0.2, 0.25) is 0 Å². The normalized spacial score (nSPS) is 12.9. The summed E-state index contributed by atoms with van der Waals surface area (Å²) in [6.07, 6.45) is -5.13. The number of hydrogen-bond acceptors (Lipinski definition) is 2. The topological polar surface area (TPSA) is 9.23 Å². The quantitative estimate of drug-likeness (QED) is 0.747. The highest BCUT2D eigenvalue weighted by molar-refractivity contribution is 7.99. The Hall–Kier alpha value is -0.550. The molecule has 0 heterocycles. The van der Waals surface area contributed by atoms with Crippen molar-refractivity contribution in [2.75, 3.05) is 12.9 Å². The molecule has 0 aliphatic heterocycles. The van der Waals surface area contributed by atoms with Crippen LogP contribution in [0.4, 0.5) is 13.2 Å². The Morgan fingerprint density at radius 3 is 2.62 bits per heavy atom. The van der Waals surface area contributed by atoms with Gasteiger partial charge < -0.3 is 4.74 Å². The summed E-state index contributed by atoms with van der Waals surface area (Å²) in [5, 5.41) is 0.366. The molecule has 0 aromatic heterocycles. The van der Waals surface area contributed by atoms with E-state index in [4.69, 9.17) is 16.3 Å². The van der Waals surface area contributed by atoms with Gasteiger partial charge in [-0.25, -0.2) is 13.2 Å². The minimum Gasteiger partial charge on any atom is -0.496 e. The predicted octanol–water partition coefficient (Wildman–Crippen LogP) is 4.04. The third kappa shape index (κ3) is 3.49. The van der Waals surface area contributed by atoms with Crippen LogP contribution >= 0.6 is 23.4 Å². The lowest BCUT2D eigenvalue weighted by molar-refractivity contribution is 0.0628. The largest absolute Gasteiger partial charge is 0.496 e. The first-order valence-electron chi connectivity index (χ1n) is 4.43. The molecule has 0 aliphatic carbocycles. The average Bonchev–Trinajstić information content (AvgIpc) is 2.26. The zero-order valence-corrected chi connectivity index (χ0v) is 9.99. The van der Waals surface area contributed by atoms with E-state index in [1.807, 2.05) is 0 Å². The lowest BCUT2D eigenvalue weighted by Crippen LogP contribution is -2.14. The second kappa shape index (κ2) is 6.25. The summed E-state index contributed by atoms with van der Waals surface area (Å²) in [6, 6.07) is 4.91. The van der Waals surface area contributed by atoms with E-state index in [0.717, 1.165) is 11.8 Å². The van der Waals surface area contributed by atoms with Crippen LogP contribution in [0.3, 0.4) is 0 Å². The molecule has 1 aromatic carbocycles. The minimum atomic E-state index is -2.97. The van der Waals surface area contributed by atoms with E-state index < -0.39 is 12.6 Å². The summed E-state index contributed by atoms with van der Waals surface area (Å²) in [5.74, 6) is 0.108. The number of methoxy groups -OCH3 is 1. The fraction of sp³-hybridized carbons (Fsp3) is 0.400. The van der Waals surface area contributed by atoms with Crippen molar-refractivity contribution in [2.24, 2.45) is 0 Å². The number of hydrogen-bond donors (Lipinski definition) is 0. The summed E-state index contributed by atoms with van der Waals surface area (Å²) in [5.41, 5.74) is 0. The van der Waals surface area contributed by atoms with E-state index in [9.17, 15) is 13.2 Å². The van der Waals surface area contributed by atoms with Crippen molar-refractivity contribution in [3.63, 3.8) is 0 Å². The molecule has 0 aliphatic rings. The molecule has 0 radical (unpaired) electrons. The predicted molar refractivity (Wildman–Crippen MR) is 59.6 cm³/mol. The zero-order valence-electron chi connectivity index (χ0n) is 8.42. The molecule has 0 amide bonds. The Morgan fingerprint density at radius 1 is 1.38 bits per heavy atom. The Bertz CT molecular complexity index is 349. The van der Waals surface area contributed by atoms with Crippen LogP contribution in [0.15, 0.2) is 23.1 Å². The van der Waals surface area contributed by atoms with E-state index in [0.29, 0.717) is 15.7 Å². The summed E-state index contributed by atoms with van der Waals surface area (Å²) in [7, 11) is 1.44. The highest BCUT2D eigenvalue weighted by atomic mass is 35.5. The van der Waals surface area contributed by atoms with Gasteiger partial charge in [-0.3, -0.25) is 0 Å². The molecule has 1 aromatic rings. The molecule has 1 rings (SSSR count). The molecule has 1 atom stereocenters. The fourth-order valence-electron chi connectivity index (χ4n) is 1.03. The first kappa shape index (κ1) is 13.5. The molecule has 0 spiro atoms. The van der Waals surface area contributed by atoms with Crippen LogP contribution in [-0.2, 0) is 0 Å². The van der Waals surface area contributed by atoms with Crippen molar-refractivity contribution in [1.29, 1.82) is 0 Å². The molecule has 1 nitrogen and oxygen atoms in total. The van der Waals surface area contributed by atoms with Crippen molar-refractivity contribution in [3.8, 4) is 5.75 Å². The van der Waals surface area contributed by atoms with Gasteiger partial charge in [0.15, 0.2) is 6.17 Å². The van der Waals surface area contributed by atoms with Gasteiger partial charge >= 0.3 is 0 Å². The number of alkyl halides is 3. The van der Waals surface area contributed by atoms with Crippen LogP contribution in [-0.4, -0.2) is 25.5 Å². The molecule has 1 unspecified atom stereocenters. The van der Waals surface area contributed by atoms with E-state index >= 15 is 0 Å². The summed E-state index contributed by atoms with van der Waals surface area (Å²) < 4.78 is 41.7. The third-order valence-corrected chi connectivity index (χ3v) is 3.43. The van der Waals surface area contributed by atoms with Crippen molar-refractivity contribution in [1.82, 2.24) is 0 Å². The SMILES string of the molecule is COc1cccc(Cl)c1SCC(F)C(F)F. The van der Waals surface area contributed by atoms with Gasteiger partial charge in [0.05, 0.1) is 17.0 Å². The molecule has 0 bridgehead atoms. The molecule has 0 saturated heterocycles. The van der Waals surface area contributed by atoms with Gasteiger partial charge in [0.25, 0.3) is 6.43 Å². The van der Waals surface area contributed by atoms with Crippen molar-refractivity contribution >= 4 is 23.4 Å². The number of halogens is 4. The summed E-state index contributed by atoms with van der Waals surface area (Å²) in [4.78, 5) is 0.481. The molecule has 6 heteroatoms. The van der Waals surface area contributed by atoms with E-state index in [-0.39, 0.29) is 5.75 Å². The van der Waals surface area contributed by atoms with Crippen molar-refractivity contribution < 1.29 is 17.9 Å². The second-order valence-electron chi connectivity index (χ2n) is 2.93. The van der Waals surface area contributed by atoms with E-state index in [1.54, 1.807) is 18.2 Å². The Kier molecular flexibility index (Phi) is 5.28. The Balaban J connectivity index is 2.73. The molecule has 0 N–H and O–H groups in total. The first-order chi connectivity index (χ1) is 7.56. The molecule has 90 valence electrons. The van der Waals surface area contributed by atoms with E-state index in [2.05, 4.69) is 0 Å².